The van der Waals surface area contributed by atoms with E-state index in [1.54, 1.807) is 11.3 Å². The Morgan fingerprint density at radius 1 is 1.50 bits per heavy atom. The zero-order valence-corrected chi connectivity index (χ0v) is 8.96. The highest BCUT2D eigenvalue weighted by Gasteiger charge is 2.09. The highest BCUT2D eigenvalue weighted by atomic mass is 32.1. The minimum atomic E-state index is 0.529. The van der Waals surface area contributed by atoms with Gasteiger partial charge in [0, 0.05) is 5.92 Å². The summed E-state index contributed by atoms with van der Waals surface area (Å²) in [5.41, 5.74) is 2.24. The average molecular weight is 181 g/mol. The largest absolute Gasteiger partial charge is 0.246 e. The van der Waals surface area contributed by atoms with Gasteiger partial charge in [-0.1, -0.05) is 20.4 Å². The third-order valence-electron chi connectivity index (χ3n) is 1.69. The lowest BCUT2D eigenvalue weighted by atomic mass is 10.2. The van der Waals surface area contributed by atoms with Gasteiger partial charge in [0.1, 0.15) is 0 Å². The Morgan fingerprint density at radius 3 is 2.33 bits per heavy atom. The van der Waals surface area contributed by atoms with Crippen molar-refractivity contribution in [2.75, 3.05) is 0 Å². The normalized spacial score (nSPS) is 10.8. The van der Waals surface area contributed by atoms with Crippen molar-refractivity contribution in [2.45, 2.75) is 33.6 Å². The van der Waals surface area contributed by atoms with E-state index in [0.717, 1.165) is 11.3 Å². The van der Waals surface area contributed by atoms with Gasteiger partial charge in [0.2, 0.25) is 0 Å². The third kappa shape index (κ3) is 1.75. The quantitative estimate of drug-likeness (QED) is 0.679. The minimum absolute atomic E-state index is 0.529. The van der Waals surface area contributed by atoms with E-state index in [1.807, 2.05) is 13.8 Å². The topological polar surface area (TPSA) is 12.9 Å². The SMILES string of the molecule is C=C(C)c1sc(C(C)C)nc1C. The first-order chi connectivity index (χ1) is 5.52. The van der Waals surface area contributed by atoms with Crippen molar-refractivity contribution in [1.29, 1.82) is 0 Å². The van der Waals surface area contributed by atoms with Gasteiger partial charge in [-0.05, 0) is 19.4 Å². The molecule has 0 amide bonds. The van der Waals surface area contributed by atoms with Gasteiger partial charge >= 0.3 is 0 Å². The lowest BCUT2D eigenvalue weighted by Gasteiger charge is -1.95. The molecule has 2 heteroatoms. The Bertz CT molecular complexity index is 297. The van der Waals surface area contributed by atoms with Crippen molar-refractivity contribution in [2.24, 2.45) is 0 Å². The molecule has 1 nitrogen and oxygen atoms in total. The van der Waals surface area contributed by atoms with Crippen LogP contribution < -0.4 is 0 Å². The monoisotopic (exact) mass is 181 g/mol. The van der Waals surface area contributed by atoms with E-state index >= 15 is 0 Å². The van der Waals surface area contributed by atoms with Crippen molar-refractivity contribution in [1.82, 2.24) is 4.98 Å². The summed E-state index contributed by atoms with van der Waals surface area (Å²) >= 11 is 1.77. The van der Waals surface area contributed by atoms with Crippen molar-refractivity contribution < 1.29 is 0 Å². The molecular weight excluding hydrogens is 166 g/mol. The molecule has 1 heterocycles. The van der Waals surface area contributed by atoms with Crippen LogP contribution in [0.3, 0.4) is 0 Å². The number of aryl methyl sites for hydroxylation is 1. The molecule has 1 aromatic heterocycles. The number of hydrogen-bond donors (Lipinski definition) is 0. The van der Waals surface area contributed by atoms with Gasteiger partial charge in [-0.15, -0.1) is 11.3 Å². The molecule has 12 heavy (non-hydrogen) atoms. The molecule has 0 aromatic carbocycles. The summed E-state index contributed by atoms with van der Waals surface area (Å²) in [6, 6.07) is 0. The molecule has 0 radical (unpaired) electrons. The molecule has 0 saturated carbocycles. The highest BCUT2D eigenvalue weighted by molar-refractivity contribution is 7.13. The smallest absolute Gasteiger partial charge is 0.0959 e. The summed E-state index contributed by atoms with van der Waals surface area (Å²) in [5.74, 6) is 0.529. The first-order valence-corrected chi connectivity index (χ1v) is 4.97. The molecule has 0 aliphatic heterocycles. The summed E-state index contributed by atoms with van der Waals surface area (Å²) in [6.45, 7) is 12.3. The van der Waals surface area contributed by atoms with Gasteiger partial charge in [0.05, 0.1) is 15.6 Å². The maximum atomic E-state index is 4.49. The standard InChI is InChI=1S/C10H15NS/c1-6(2)9-8(5)11-10(12-9)7(3)4/h7H,1H2,2-5H3. The fourth-order valence-electron chi connectivity index (χ4n) is 1.06. The molecule has 0 fully saturated rings. The molecule has 0 saturated heterocycles. The average Bonchev–Trinajstić information content (AvgIpc) is 2.30. The molecule has 0 bridgehead atoms. The zero-order valence-electron chi connectivity index (χ0n) is 8.14. The second kappa shape index (κ2) is 3.40. The van der Waals surface area contributed by atoms with Crippen LogP contribution in [0.4, 0.5) is 0 Å². The lowest BCUT2D eigenvalue weighted by Crippen LogP contribution is -1.84. The van der Waals surface area contributed by atoms with Gasteiger partial charge in [-0.2, -0.15) is 0 Å². The van der Waals surface area contributed by atoms with Crippen LogP contribution in [-0.2, 0) is 0 Å². The molecule has 0 atom stereocenters. The maximum Gasteiger partial charge on any atom is 0.0959 e. The van der Waals surface area contributed by atoms with E-state index < -0.39 is 0 Å². The maximum absolute atomic E-state index is 4.49. The molecule has 0 unspecified atom stereocenters. The molecule has 0 N–H and O–H groups in total. The van der Waals surface area contributed by atoms with Gasteiger partial charge in [-0.3, -0.25) is 0 Å². The van der Waals surface area contributed by atoms with Crippen LogP contribution in [0.25, 0.3) is 5.57 Å². The fourth-order valence-corrected chi connectivity index (χ4v) is 2.06. The molecule has 0 spiro atoms. The first kappa shape index (κ1) is 9.46. The fraction of sp³-hybridized carbons (Fsp3) is 0.500. The Labute approximate surface area is 78.2 Å². The number of nitrogens with zero attached hydrogens (tertiary/aromatic N) is 1. The second-order valence-electron chi connectivity index (χ2n) is 3.40. The summed E-state index contributed by atoms with van der Waals surface area (Å²) < 4.78 is 0. The molecule has 0 aliphatic carbocycles. The second-order valence-corrected chi connectivity index (χ2v) is 4.43. The van der Waals surface area contributed by atoms with Crippen LogP contribution >= 0.6 is 11.3 Å². The van der Waals surface area contributed by atoms with Crippen LogP contribution in [0.2, 0.25) is 0 Å². The summed E-state index contributed by atoms with van der Waals surface area (Å²) in [5, 5.41) is 1.21. The van der Waals surface area contributed by atoms with Crippen LogP contribution in [0.15, 0.2) is 6.58 Å². The molecule has 1 aromatic rings. The first-order valence-electron chi connectivity index (χ1n) is 4.15. The number of rotatable bonds is 2. The van der Waals surface area contributed by atoms with E-state index in [0.29, 0.717) is 5.92 Å². The van der Waals surface area contributed by atoms with E-state index in [4.69, 9.17) is 0 Å². The van der Waals surface area contributed by atoms with E-state index in [9.17, 15) is 0 Å². The van der Waals surface area contributed by atoms with Crippen molar-refractivity contribution in [3.8, 4) is 0 Å². The molecular formula is C10H15NS. The van der Waals surface area contributed by atoms with Gasteiger partial charge in [0.25, 0.3) is 0 Å². The van der Waals surface area contributed by atoms with Gasteiger partial charge < -0.3 is 0 Å². The molecule has 1 rings (SSSR count). The van der Waals surface area contributed by atoms with E-state index in [-0.39, 0.29) is 0 Å². The van der Waals surface area contributed by atoms with Crippen LogP contribution in [0.5, 0.6) is 0 Å². The Balaban J connectivity index is 3.09. The van der Waals surface area contributed by atoms with Gasteiger partial charge in [0.15, 0.2) is 0 Å². The lowest BCUT2D eigenvalue weighted by molar-refractivity contribution is 0.847. The van der Waals surface area contributed by atoms with Crippen LogP contribution in [0, 0.1) is 6.92 Å². The molecule has 66 valence electrons. The number of allylic oxidation sites excluding steroid dienone is 1. The highest BCUT2D eigenvalue weighted by Crippen LogP contribution is 2.28. The number of aromatic nitrogens is 1. The number of thiazole rings is 1. The van der Waals surface area contributed by atoms with E-state index in [2.05, 4.69) is 25.4 Å². The predicted molar refractivity (Wildman–Crippen MR) is 55.6 cm³/mol. The van der Waals surface area contributed by atoms with Crippen molar-refractivity contribution >= 4 is 16.9 Å². The Morgan fingerprint density at radius 2 is 2.08 bits per heavy atom. The van der Waals surface area contributed by atoms with Crippen LogP contribution in [0.1, 0.15) is 42.3 Å². The summed E-state index contributed by atoms with van der Waals surface area (Å²) in [6.07, 6.45) is 0. The Kier molecular flexibility index (Phi) is 2.68. The summed E-state index contributed by atoms with van der Waals surface area (Å²) in [4.78, 5) is 5.74. The van der Waals surface area contributed by atoms with Crippen LogP contribution in [-0.4, -0.2) is 4.98 Å². The van der Waals surface area contributed by atoms with Gasteiger partial charge in [-0.25, -0.2) is 4.98 Å². The minimum Gasteiger partial charge on any atom is -0.246 e. The van der Waals surface area contributed by atoms with Crippen molar-refractivity contribution in [3.05, 3.63) is 22.2 Å². The third-order valence-corrected chi connectivity index (χ3v) is 3.31. The predicted octanol–water partition coefficient (Wildman–Crippen LogP) is 3.61. The van der Waals surface area contributed by atoms with E-state index in [1.165, 1.54) is 9.88 Å². The molecule has 0 aliphatic rings. The Hall–Kier alpha value is -0.630. The van der Waals surface area contributed by atoms with Crippen molar-refractivity contribution in [3.63, 3.8) is 0 Å². The summed E-state index contributed by atoms with van der Waals surface area (Å²) in [7, 11) is 0. The zero-order chi connectivity index (χ0) is 9.30. The number of hydrogen-bond acceptors (Lipinski definition) is 2.